The molecule has 0 aliphatic carbocycles. The summed E-state index contributed by atoms with van der Waals surface area (Å²) in [5.74, 6) is 0.102. The SMILES string of the molecule is CCOc1ncccc1CNC(=O)c1cccc(NC(C)=O)c1. The molecular weight excluding hydrogens is 294 g/mol. The Morgan fingerprint density at radius 2 is 2.04 bits per heavy atom. The maximum atomic E-state index is 12.2. The summed E-state index contributed by atoms with van der Waals surface area (Å²) in [5, 5.41) is 5.47. The molecule has 0 unspecified atom stereocenters. The van der Waals surface area contributed by atoms with Gasteiger partial charge in [-0.3, -0.25) is 9.59 Å². The predicted octanol–water partition coefficient (Wildman–Crippen LogP) is 2.37. The van der Waals surface area contributed by atoms with Gasteiger partial charge in [-0.2, -0.15) is 0 Å². The van der Waals surface area contributed by atoms with E-state index < -0.39 is 0 Å². The Balaban J connectivity index is 2.04. The molecule has 120 valence electrons. The van der Waals surface area contributed by atoms with E-state index in [2.05, 4.69) is 15.6 Å². The van der Waals surface area contributed by atoms with E-state index in [0.29, 0.717) is 30.3 Å². The van der Waals surface area contributed by atoms with E-state index in [-0.39, 0.29) is 11.8 Å². The third-order valence-corrected chi connectivity index (χ3v) is 3.02. The highest BCUT2D eigenvalue weighted by Crippen LogP contribution is 2.15. The van der Waals surface area contributed by atoms with E-state index in [1.54, 1.807) is 36.5 Å². The molecule has 2 rings (SSSR count). The highest BCUT2D eigenvalue weighted by molar-refractivity contribution is 5.96. The van der Waals surface area contributed by atoms with Crippen molar-refractivity contribution in [2.24, 2.45) is 0 Å². The van der Waals surface area contributed by atoms with Crippen LogP contribution in [0.3, 0.4) is 0 Å². The second-order valence-electron chi connectivity index (χ2n) is 4.85. The molecule has 0 atom stereocenters. The number of nitrogens with one attached hydrogen (secondary N) is 2. The normalized spacial score (nSPS) is 10.0. The van der Waals surface area contributed by atoms with Crippen LogP contribution in [0.2, 0.25) is 0 Å². The first kappa shape index (κ1) is 16.5. The molecule has 0 fully saturated rings. The topological polar surface area (TPSA) is 80.3 Å². The van der Waals surface area contributed by atoms with Crippen molar-refractivity contribution in [2.45, 2.75) is 20.4 Å². The first-order chi connectivity index (χ1) is 11.1. The summed E-state index contributed by atoms with van der Waals surface area (Å²) < 4.78 is 5.43. The maximum Gasteiger partial charge on any atom is 0.251 e. The van der Waals surface area contributed by atoms with Gasteiger partial charge in [-0.15, -0.1) is 0 Å². The summed E-state index contributed by atoms with van der Waals surface area (Å²) in [6, 6.07) is 10.4. The third-order valence-electron chi connectivity index (χ3n) is 3.02. The molecule has 1 heterocycles. The van der Waals surface area contributed by atoms with Crippen LogP contribution in [0.25, 0.3) is 0 Å². The van der Waals surface area contributed by atoms with Crippen molar-refractivity contribution in [2.75, 3.05) is 11.9 Å². The first-order valence-electron chi connectivity index (χ1n) is 7.32. The van der Waals surface area contributed by atoms with Gasteiger partial charge in [0.1, 0.15) is 0 Å². The van der Waals surface area contributed by atoms with Gasteiger partial charge in [0, 0.05) is 36.5 Å². The Hall–Kier alpha value is -2.89. The second-order valence-corrected chi connectivity index (χ2v) is 4.85. The van der Waals surface area contributed by atoms with Crippen LogP contribution in [0.15, 0.2) is 42.6 Å². The number of benzene rings is 1. The summed E-state index contributed by atoms with van der Waals surface area (Å²) in [4.78, 5) is 27.5. The van der Waals surface area contributed by atoms with E-state index in [1.807, 2.05) is 13.0 Å². The summed E-state index contributed by atoms with van der Waals surface area (Å²) in [6.45, 7) is 4.12. The van der Waals surface area contributed by atoms with Gasteiger partial charge in [-0.25, -0.2) is 4.98 Å². The zero-order chi connectivity index (χ0) is 16.7. The molecule has 23 heavy (non-hydrogen) atoms. The minimum absolute atomic E-state index is 0.181. The minimum atomic E-state index is -0.233. The fourth-order valence-electron chi connectivity index (χ4n) is 2.04. The van der Waals surface area contributed by atoms with Gasteiger partial charge in [-0.05, 0) is 31.2 Å². The number of rotatable bonds is 6. The average Bonchev–Trinajstić information content (AvgIpc) is 2.53. The molecule has 2 aromatic rings. The quantitative estimate of drug-likeness (QED) is 0.858. The Morgan fingerprint density at radius 3 is 2.78 bits per heavy atom. The summed E-state index contributed by atoms with van der Waals surface area (Å²) in [7, 11) is 0. The molecule has 6 heteroatoms. The number of aromatic nitrogens is 1. The number of hydrogen-bond donors (Lipinski definition) is 2. The third kappa shape index (κ3) is 4.81. The van der Waals surface area contributed by atoms with Crippen LogP contribution in [0.4, 0.5) is 5.69 Å². The van der Waals surface area contributed by atoms with E-state index in [0.717, 1.165) is 5.56 Å². The number of ether oxygens (including phenoxy) is 1. The number of nitrogens with zero attached hydrogens (tertiary/aromatic N) is 1. The van der Waals surface area contributed by atoms with E-state index in [4.69, 9.17) is 4.74 Å². The minimum Gasteiger partial charge on any atom is -0.478 e. The first-order valence-corrected chi connectivity index (χ1v) is 7.32. The Kier molecular flexibility index (Phi) is 5.68. The van der Waals surface area contributed by atoms with Gasteiger partial charge >= 0.3 is 0 Å². The molecule has 2 N–H and O–H groups in total. The van der Waals surface area contributed by atoms with Crippen LogP contribution in [-0.2, 0) is 11.3 Å². The Labute approximate surface area is 134 Å². The Morgan fingerprint density at radius 1 is 1.22 bits per heavy atom. The number of carbonyl (C=O) groups is 2. The lowest BCUT2D eigenvalue weighted by molar-refractivity contribution is -0.114. The molecule has 1 aromatic carbocycles. The zero-order valence-corrected chi connectivity index (χ0v) is 13.1. The van der Waals surface area contributed by atoms with Crippen molar-refractivity contribution in [3.05, 3.63) is 53.7 Å². The summed E-state index contributed by atoms with van der Waals surface area (Å²) in [6.07, 6.45) is 1.65. The monoisotopic (exact) mass is 313 g/mol. The lowest BCUT2D eigenvalue weighted by atomic mass is 10.1. The van der Waals surface area contributed by atoms with Gasteiger partial charge in [0.25, 0.3) is 5.91 Å². The smallest absolute Gasteiger partial charge is 0.251 e. The molecule has 2 amide bonds. The van der Waals surface area contributed by atoms with Crippen molar-refractivity contribution >= 4 is 17.5 Å². The lowest BCUT2D eigenvalue weighted by Crippen LogP contribution is -2.23. The Bertz CT molecular complexity index is 701. The zero-order valence-electron chi connectivity index (χ0n) is 13.1. The van der Waals surface area contributed by atoms with Gasteiger partial charge in [0.15, 0.2) is 0 Å². The van der Waals surface area contributed by atoms with Crippen LogP contribution in [-0.4, -0.2) is 23.4 Å². The molecule has 0 radical (unpaired) electrons. The van der Waals surface area contributed by atoms with E-state index in [1.165, 1.54) is 6.92 Å². The molecule has 0 spiro atoms. The maximum absolute atomic E-state index is 12.2. The second kappa shape index (κ2) is 7.93. The number of pyridine rings is 1. The highest BCUT2D eigenvalue weighted by Gasteiger charge is 2.09. The number of amides is 2. The molecule has 0 saturated carbocycles. The van der Waals surface area contributed by atoms with Gasteiger partial charge in [0.2, 0.25) is 11.8 Å². The lowest BCUT2D eigenvalue weighted by Gasteiger charge is -2.10. The van der Waals surface area contributed by atoms with Crippen molar-refractivity contribution in [1.82, 2.24) is 10.3 Å². The largest absolute Gasteiger partial charge is 0.478 e. The van der Waals surface area contributed by atoms with Crippen LogP contribution in [0.1, 0.15) is 29.8 Å². The van der Waals surface area contributed by atoms with E-state index >= 15 is 0 Å². The molecule has 0 bridgehead atoms. The summed E-state index contributed by atoms with van der Waals surface area (Å²) in [5.41, 5.74) is 1.86. The van der Waals surface area contributed by atoms with Gasteiger partial charge < -0.3 is 15.4 Å². The van der Waals surface area contributed by atoms with Crippen LogP contribution < -0.4 is 15.4 Å². The van der Waals surface area contributed by atoms with Crippen molar-refractivity contribution in [1.29, 1.82) is 0 Å². The predicted molar refractivity (Wildman–Crippen MR) is 87.3 cm³/mol. The average molecular weight is 313 g/mol. The molecule has 6 nitrogen and oxygen atoms in total. The summed E-state index contributed by atoms with van der Waals surface area (Å²) >= 11 is 0. The molecule has 1 aromatic heterocycles. The van der Waals surface area contributed by atoms with E-state index in [9.17, 15) is 9.59 Å². The highest BCUT2D eigenvalue weighted by atomic mass is 16.5. The number of carbonyl (C=O) groups excluding carboxylic acids is 2. The van der Waals surface area contributed by atoms with Gasteiger partial charge in [0.05, 0.1) is 6.61 Å². The van der Waals surface area contributed by atoms with Crippen LogP contribution >= 0.6 is 0 Å². The van der Waals surface area contributed by atoms with Crippen molar-refractivity contribution in [3.63, 3.8) is 0 Å². The van der Waals surface area contributed by atoms with Crippen molar-refractivity contribution < 1.29 is 14.3 Å². The standard InChI is InChI=1S/C17H19N3O3/c1-3-23-17-14(7-5-9-18-17)11-19-16(22)13-6-4-8-15(10-13)20-12(2)21/h4-10H,3,11H2,1-2H3,(H,19,22)(H,20,21). The molecule has 0 aliphatic rings. The fourth-order valence-corrected chi connectivity index (χ4v) is 2.04. The molecular formula is C17H19N3O3. The van der Waals surface area contributed by atoms with Crippen molar-refractivity contribution in [3.8, 4) is 5.88 Å². The van der Waals surface area contributed by atoms with Crippen LogP contribution in [0.5, 0.6) is 5.88 Å². The number of hydrogen-bond acceptors (Lipinski definition) is 4. The van der Waals surface area contributed by atoms with Gasteiger partial charge in [-0.1, -0.05) is 12.1 Å². The number of anilines is 1. The molecule has 0 saturated heterocycles. The fraction of sp³-hybridized carbons (Fsp3) is 0.235. The van der Waals surface area contributed by atoms with Crippen LogP contribution in [0, 0.1) is 0 Å². The molecule has 0 aliphatic heterocycles.